The summed E-state index contributed by atoms with van der Waals surface area (Å²) in [6.07, 6.45) is 12.2. The van der Waals surface area contributed by atoms with E-state index < -0.39 is 0 Å². The van der Waals surface area contributed by atoms with Crippen molar-refractivity contribution in [2.24, 2.45) is 0 Å². The molecule has 0 aliphatic rings. The summed E-state index contributed by atoms with van der Waals surface area (Å²) < 4.78 is 0. The number of hydrogen-bond acceptors (Lipinski definition) is 0. The molecule has 0 aromatic heterocycles. The molecule has 0 heteroatoms. The van der Waals surface area contributed by atoms with Gasteiger partial charge >= 0.3 is 0 Å². The third-order valence-corrected chi connectivity index (χ3v) is 2.39. The van der Waals surface area contributed by atoms with Crippen LogP contribution in [0.3, 0.4) is 0 Å². The fourth-order valence-electron chi connectivity index (χ4n) is 1.51. The smallest absolute Gasteiger partial charge is 0.0320 e. The lowest BCUT2D eigenvalue weighted by Crippen LogP contribution is -1.83. The Morgan fingerprint density at radius 1 is 1.08 bits per heavy atom. The Hall–Kier alpha value is -0.260. The van der Waals surface area contributed by atoms with Crippen LogP contribution >= 0.6 is 0 Å². The Bertz CT molecular complexity index is 122. The standard InChI is InChI=1S/C13H24/c1-4-7-8-9-10-12-13(6-3)11-5-2/h11H,1-2,4-10,12H2,3H3. The molecule has 0 rings (SSSR count). The minimum atomic E-state index is 0.946. The van der Waals surface area contributed by atoms with Crippen molar-refractivity contribution in [3.63, 3.8) is 0 Å². The van der Waals surface area contributed by atoms with E-state index in [0.717, 1.165) is 12.8 Å². The molecule has 0 aromatic carbocycles. The summed E-state index contributed by atoms with van der Waals surface area (Å²) in [4.78, 5) is 0. The van der Waals surface area contributed by atoms with Crippen LogP contribution in [0, 0.1) is 13.8 Å². The van der Waals surface area contributed by atoms with Gasteiger partial charge in [-0.3, -0.25) is 0 Å². The fraction of sp³-hybridized carbons (Fsp3) is 0.692. The summed E-state index contributed by atoms with van der Waals surface area (Å²) >= 11 is 0. The molecule has 0 N–H and O–H groups in total. The predicted octanol–water partition coefficient (Wildman–Crippen LogP) is 4.72. The normalized spacial score (nSPS) is 12.1. The maximum absolute atomic E-state index is 3.85. The van der Waals surface area contributed by atoms with Crippen LogP contribution in [0.2, 0.25) is 0 Å². The van der Waals surface area contributed by atoms with Crippen molar-refractivity contribution in [1.29, 1.82) is 0 Å². The van der Waals surface area contributed by atoms with Gasteiger partial charge in [0.2, 0.25) is 0 Å². The first-order valence-electron chi connectivity index (χ1n) is 5.61. The SMILES string of the molecule is [CH2]CC=C(CC)CCCCCC[CH2]. The van der Waals surface area contributed by atoms with Gasteiger partial charge in [0.05, 0.1) is 0 Å². The highest BCUT2D eigenvalue weighted by molar-refractivity contribution is 5.01. The summed E-state index contributed by atoms with van der Waals surface area (Å²) in [7, 11) is 0. The maximum atomic E-state index is 3.85. The zero-order chi connectivity index (χ0) is 9.94. The van der Waals surface area contributed by atoms with Crippen molar-refractivity contribution in [3.8, 4) is 0 Å². The first-order chi connectivity index (χ1) is 6.35. The highest BCUT2D eigenvalue weighted by atomic mass is 14.0. The average Bonchev–Trinajstić information content (AvgIpc) is 2.16. The first kappa shape index (κ1) is 12.7. The molecule has 0 amide bonds. The van der Waals surface area contributed by atoms with E-state index in [-0.39, 0.29) is 0 Å². The molecule has 13 heavy (non-hydrogen) atoms. The minimum Gasteiger partial charge on any atom is -0.0853 e. The van der Waals surface area contributed by atoms with Gasteiger partial charge in [0, 0.05) is 0 Å². The van der Waals surface area contributed by atoms with Crippen molar-refractivity contribution in [3.05, 3.63) is 25.5 Å². The monoisotopic (exact) mass is 180 g/mol. The number of hydrogen-bond donors (Lipinski definition) is 0. The fourth-order valence-corrected chi connectivity index (χ4v) is 1.51. The topological polar surface area (TPSA) is 0 Å². The summed E-state index contributed by atoms with van der Waals surface area (Å²) in [6.45, 7) is 9.92. The van der Waals surface area contributed by atoms with Gasteiger partial charge in [-0.05, 0) is 32.6 Å². The Kier molecular flexibility index (Phi) is 9.63. The largest absolute Gasteiger partial charge is 0.0853 e. The summed E-state index contributed by atoms with van der Waals surface area (Å²) in [6, 6.07) is 0. The summed E-state index contributed by atoms with van der Waals surface area (Å²) in [5, 5.41) is 0. The van der Waals surface area contributed by atoms with E-state index in [4.69, 9.17) is 0 Å². The third-order valence-electron chi connectivity index (χ3n) is 2.39. The lowest BCUT2D eigenvalue weighted by molar-refractivity contribution is 0.638. The van der Waals surface area contributed by atoms with Gasteiger partial charge in [-0.15, -0.1) is 0 Å². The van der Waals surface area contributed by atoms with Crippen molar-refractivity contribution >= 4 is 0 Å². The molecule has 0 saturated carbocycles. The summed E-state index contributed by atoms with van der Waals surface area (Å²) in [5.74, 6) is 0. The van der Waals surface area contributed by atoms with Crippen molar-refractivity contribution < 1.29 is 0 Å². The zero-order valence-electron chi connectivity index (χ0n) is 9.15. The van der Waals surface area contributed by atoms with Crippen molar-refractivity contribution in [2.75, 3.05) is 0 Å². The van der Waals surface area contributed by atoms with Crippen LogP contribution in [0.5, 0.6) is 0 Å². The van der Waals surface area contributed by atoms with Crippen LogP contribution in [0.1, 0.15) is 58.3 Å². The van der Waals surface area contributed by atoms with Crippen molar-refractivity contribution in [1.82, 2.24) is 0 Å². The van der Waals surface area contributed by atoms with Gasteiger partial charge in [0.25, 0.3) is 0 Å². The molecule has 0 saturated heterocycles. The molecule has 0 unspecified atom stereocenters. The Labute approximate surface area is 84.4 Å². The van der Waals surface area contributed by atoms with E-state index in [2.05, 4.69) is 26.8 Å². The van der Waals surface area contributed by atoms with Crippen LogP contribution in [0.25, 0.3) is 0 Å². The lowest BCUT2D eigenvalue weighted by atomic mass is 10.0. The van der Waals surface area contributed by atoms with Crippen LogP contribution in [0.4, 0.5) is 0 Å². The minimum absolute atomic E-state index is 0.946. The second-order valence-electron chi connectivity index (χ2n) is 3.52. The molecular weight excluding hydrogens is 156 g/mol. The molecule has 0 nitrogen and oxygen atoms in total. The van der Waals surface area contributed by atoms with Crippen LogP contribution in [-0.4, -0.2) is 0 Å². The molecule has 0 atom stereocenters. The lowest BCUT2D eigenvalue weighted by Gasteiger charge is -2.03. The van der Waals surface area contributed by atoms with Gasteiger partial charge < -0.3 is 0 Å². The number of rotatable bonds is 8. The molecule has 0 aromatic rings. The average molecular weight is 180 g/mol. The van der Waals surface area contributed by atoms with Crippen LogP contribution in [0.15, 0.2) is 11.6 Å². The van der Waals surface area contributed by atoms with E-state index in [9.17, 15) is 0 Å². The van der Waals surface area contributed by atoms with Gasteiger partial charge in [-0.2, -0.15) is 0 Å². The van der Waals surface area contributed by atoms with E-state index in [1.165, 1.54) is 38.5 Å². The molecule has 0 heterocycles. The van der Waals surface area contributed by atoms with Crippen molar-refractivity contribution in [2.45, 2.75) is 58.3 Å². The van der Waals surface area contributed by atoms with E-state index >= 15 is 0 Å². The third kappa shape index (κ3) is 8.08. The number of unbranched alkanes of at least 4 members (excludes halogenated alkanes) is 4. The maximum Gasteiger partial charge on any atom is -0.0320 e. The first-order valence-corrected chi connectivity index (χ1v) is 5.61. The Morgan fingerprint density at radius 2 is 1.77 bits per heavy atom. The van der Waals surface area contributed by atoms with Gasteiger partial charge in [-0.1, -0.05) is 51.2 Å². The summed E-state index contributed by atoms with van der Waals surface area (Å²) in [5.41, 5.74) is 1.59. The molecular formula is C13H24. The van der Waals surface area contributed by atoms with Gasteiger partial charge in [0.15, 0.2) is 0 Å². The van der Waals surface area contributed by atoms with Crippen LogP contribution in [-0.2, 0) is 0 Å². The molecule has 0 aliphatic carbocycles. The molecule has 0 aliphatic heterocycles. The second kappa shape index (κ2) is 9.83. The quantitative estimate of drug-likeness (QED) is 0.374. The van der Waals surface area contributed by atoms with Crippen LogP contribution < -0.4 is 0 Å². The Morgan fingerprint density at radius 3 is 2.31 bits per heavy atom. The molecule has 2 radical (unpaired) electrons. The number of allylic oxidation sites excluding steroid dienone is 2. The Balaban J connectivity index is 3.33. The predicted molar refractivity (Wildman–Crippen MR) is 61.4 cm³/mol. The highest BCUT2D eigenvalue weighted by Gasteiger charge is 1.94. The van der Waals surface area contributed by atoms with E-state index in [1.807, 2.05) is 0 Å². The highest BCUT2D eigenvalue weighted by Crippen LogP contribution is 2.14. The second-order valence-corrected chi connectivity index (χ2v) is 3.52. The molecule has 0 fully saturated rings. The van der Waals surface area contributed by atoms with E-state index in [1.54, 1.807) is 5.57 Å². The van der Waals surface area contributed by atoms with Gasteiger partial charge in [-0.25, -0.2) is 0 Å². The molecule has 0 spiro atoms. The van der Waals surface area contributed by atoms with Gasteiger partial charge in [0.1, 0.15) is 0 Å². The van der Waals surface area contributed by atoms with E-state index in [0.29, 0.717) is 0 Å². The molecule has 0 bridgehead atoms. The zero-order valence-corrected chi connectivity index (χ0v) is 9.15. The molecule has 76 valence electrons.